The Bertz CT molecular complexity index is 1450. The third-order valence-corrected chi connectivity index (χ3v) is 6.27. The van der Waals surface area contributed by atoms with Gasteiger partial charge in [-0.1, -0.05) is 30.0 Å². The van der Waals surface area contributed by atoms with E-state index >= 15 is 0 Å². The minimum atomic E-state index is -4.57. The number of hydrogen-bond acceptors (Lipinski definition) is 6. The quantitative estimate of drug-likeness (QED) is 0.179. The molecule has 4 aromatic rings. The van der Waals surface area contributed by atoms with E-state index in [0.29, 0.717) is 38.6 Å². The number of aliphatic hydroxyl groups is 1. The predicted octanol–water partition coefficient (Wildman–Crippen LogP) is 5.34. The van der Waals surface area contributed by atoms with Crippen molar-refractivity contribution in [2.45, 2.75) is 49.5 Å². The fourth-order valence-electron chi connectivity index (χ4n) is 3.77. The fourth-order valence-corrected chi connectivity index (χ4v) is 4.53. The van der Waals surface area contributed by atoms with Crippen LogP contribution in [-0.4, -0.2) is 41.3 Å². The molecule has 0 spiro atoms. The van der Waals surface area contributed by atoms with Crippen LogP contribution < -0.4 is 0 Å². The Morgan fingerprint density at radius 1 is 1.11 bits per heavy atom. The first-order valence-corrected chi connectivity index (χ1v) is 12.0. The van der Waals surface area contributed by atoms with E-state index in [2.05, 4.69) is 15.0 Å². The number of halogens is 4. The van der Waals surface area contributed by atoms with E-state index in [4.69, 9.17) is 5.11 Å². The zero-order chi connectivity index (χ0) is 27.0. The Kier molecular flexibility index (Phi) is 7.24. The maximum Gasteiger partial charge on any atom is 0.433 e. The lowest BCUT2D eigenvalue weighted by Gasteiger charge is -2.18. The molecule has 4 rings (SSSR count). The number of aliphatic carboxylic acids is 1. The Morgan fingerprint density at radius 2 is 1.86 bits per heavy atom. The number of hydrogen-bond donors (Lipinski definition) is 2. The molecule has 0 saturated heterocycles. The van der Waals surface area contributed by atoms with E-state index in [1.807, 2.05) is 0 Å². The minimum Gasteiger partial charge on any atom is -0.481 e. The summed E-state index contributed by atoms with van der Waals surface area (Å²) in [5.74, 6) is -1.41. The van der Waals surface area contributed by atoms with Gasteiger partial charge in [0.05, 0.1) is 30.3 Å². The van der Waals surface area contributed by atoms with Gasteiger partial charge in [0.2, 0.25) is 0 Å². The summed E-state index contributed by atoms with van der Waals surface area (Å²) < 4.78 is 54.6. The summed E-state index contributed by atoms with van der Waals surface area (Å²) in [4.78, 5) is 23.5. The van der Waals surface area contributed by atoms with E-state index in [1.54, 1.807) is 36.9 Å². The number of alkyl halides is 3. The molecular formula is C25H22F4N4O3S. The third kappa shape index (κ3) is 6.44. The molecule has 12 heteroatoms. The van der Waals surface area contributed by atoms with Gasteiger partial charge in [-0.3, -0.25) is 9.78 Å². The molecule has 0 atom stereocenters. The maximum absolute atomic E-state index is 13.9. The average molecular weight is 535 g/mol. The van der Waals surface area contributed by atoms with Gasteiger partial charge in [0.1, 0.15) is 17.0 Å². The highest BCUT2D eigenvalue weighted by Crippen LogP contribution is 2.34. The smallest absolute Gasteiger partial charge is 0.433 e. The van der Waals surface area contributed by atoms with Crippen molar-refractivity contribution in [2.24, 2.45) is 0 Å². The predicted molar refractivity (Wildman–Crippen MR) is 129 cm³/mol. The van der Waals surface area contributed by atoms with Crippen LogP contribution in [0.15, 0.2) is 54.1 Å². The molecule has 7 nitrogen and oxygen atoms in total. The largest absolute Gasteiger partial charge is 0.481 e. The number of pyridine rings is 1. The lowest BCUT2D eigenvalue weighted by molar-refractivity contribution is -0.141. The Balaban J connectivity index is 1.68. The molecule has 0 saturated carbocycles. The van der Waals surface area contributed by atoms with Crippen LogP contribution in [0, 0.1) is 5.82 Å². The Morgan fingerprint density at radius 3 is 2.49 bits per heavy atom. The highest BCUT2D eigenvalue weighted by atomic mass is 32.2. The number of benzene rings is 1. The zero-order valence-electron chi connectivity index (χ0n) is 19.8. The zero-order valence-corrected chi connectivity index (χ0v) is 20.6. The van der Waals surface area contributed by atoms with Crippen molar-refractivity contribution >= 4 is 28.8 Å². The monoisotopic (exact) mass is 534 g/mol. The number of aromatic nitrogens is 4. The van der Waals surface area contributed by atoms with E-state index < -0.39 is 35.7 Å². The average Bonchev–Trinajstić information content (AvgIpc) is 3.15. The van der Waals surface area contributed by atoms with Crippen LogP contribution in [0.3, 0.4) is 0 Å². The maximum atomic E-state index is 13.9. The fraction of sp³-hybridized carbons (Fsp3) is 0.280. The lowest BCUT2D eigenvalue weighted by atomic mass is 10.1. The molecule has 194 valence electrons. The van der Waals surface area contributed by atoms with Gasteiger partial charge in [-0.2, -0.15) is 13.2 Å². The van der Waals surface area contributed by atoms with Crippen LogP contribution in [0.1, 0.15) is 30.7 Å². The molecule has 0 unspecified atom stereocenters. The van der Waals surface area contributed by atoms with Crippen molar-refractivity contribution in [1.29, 1.82) is 0 Å². The van der Waals surface area contributed by atoms with E-state index in [9.17, 15) is 27.5 Å². The normalized spacial score (nSPS) is 12.3. The first-order valence-electron chi connectivity index (χ1n) is 11.0. The minimum absolute atomic E-state index is 0.0720. The van der Waals surface area contributed by atoms with Crippen molar-refractivity contribution in [2.75, 3.05) is 0 Å². The molecule has 37 heavy (non-hydrogen) atoms. The van der Waals surface area contributed by atoms with Crippen molar-refractivity contribution in [1.82, 2.24) is 19.5 Å². The first kappa shape index (κ1) is 26.6. The van der Waals surface area contributed by atoms with Crippen molar-refractivity contribution < 1.29 is 32.6 Å². The number of nitrogens with zero attached hydrogens (tertiary/aromatic N) is 4. The highest BCUT2D eigenvalue weighted by molar-refractivity contribution is 7.98. The molecule has 3 heterocycles. The van der Waals surface area contributed by atoms with Crippen LogP contribution in [0.5, 0.6) is 0 Å². The van der Waals surface area contributed by atoms with Gasteiger partial charge >= 0.3 is 12.1 Å². The van der Waals surface area contributed by atoms with Gasteiger partial charge in [-0.25, -0.2) is 14.4 Å². The summed E-state index contributed by atoms with van der Waals surface area (Å²) in [5.41, 5.74) is 0.644. The van der Waals surface area contributed by atoms with Gasteiger partial charge < -0.3 is 14.8 Å². The van der Waals surface area contributed by atoms with Crippen LogP contribution in [0.25, 0.3) is 22.2 Å². The molecule has 0 radical (unpaired) electrons. The van der Waals surface area contributed by atoms with E-state index in [1.165, 1.54) is 30.0 Å². The highest BCUT2D eigenvalue weighted by Gasteiger charge is 2.32. The second-order valence-corrected chi connectivity index (χ2v) is 10.0. The molecule has 0 aliphatic heterocycles. The lowest BCUT2D eigenvalue weighted by Crippen LogP contribution is -2.25. The number of carbonyl (C=O) groups is 1. The molecule has 0 amide bonds. The second kappa shape index (κ2) is 10.1. The molecule has 0 aliphatic carbocycles. The van der Waals surface area contributed by atoms with Crippen LogP contribution in [-0.2, 0) is 29.7 Å². The van der Waals surface area contributed by atoms with Gasteiger partial charge in [0.15, 0.2) is 5.16 Å². The van der Waals surface area contributed by atoms with Crippen LogP contribution in [0.2, 0.25) is 0 Å². The molecule has 1 aromatic carbocycles. The second-order valence-electron chi connectivity index (χ2n) is 9.08. The Hall–Kier alpha value is -3.51. The third-order valence-electron chi connectivity index (χ3n) is 5.34. The number of carboxylic acids is 1. The summed E-state index contributed by atoms with van der Waals surface area (Å²) >= 11 is 1.24. The molecule has 2 N–H and O–H groups in total. The number of thioether (sulfide) groups is 1. The summed E-state index contributed by atoms with van der Waals surface area (Å²) in [6.45, 7) is 3.45. The van der Waals surface area contributed by atoms with Crippen molar-refractivity contribution in [3.8, 4) is 11.1 Å². The molecule has 0 fully saturated rings. The standard InChI is InChI=1S/C25H22F4N4O3S/c1-24(2,36)13-33-11-17(15-4-6-20(30-9-15)25(27,28)29)22-19(33)10-31-23(32-22)37-12-14-3-5-18(26)16(7-14)8-21(34)35/h3-7,9-11,36H,8,12-13H2,1-2H3,(H,34,35). The van der Waals surface area contributed by atoms with Gasteiger partial charge in [-0.15, -0.1) is 0 Å². The van der Waals surface area contributed by atoms with Crippen molar-refractivity contribution in [3.05, 3.63) is 71.6 Å². The molecule has 0 aliphatic rings. The summed E-state index contributed by atoms with van der Waals surface area (Å²) in [6, 6.07) is 6.45. The number of fused-ring (bicyclic) bond motifs is 1. The van der Waals surface area contributed by atoms with Gasteiger partial charge in [0, 0.05) is 29.3 Å². The first-order chi connectivity index (χ1) is 17.3. The van der Waals surface area contributed by atoms with Gasteiger partial charge in [-0.05, 0) is 37.1 Å². The van der Waals surface area contributed by atoms with Crippen LogP contribution in [0.4, 0.5) is 17.6 Å². The van der Waals surface area contributed by atoms with Crippen molar-refractivity contribution in [3.63, 3.8) is 0 Å². The summed E-state index contributed by atoms with van der Waals surface area (Å²) in [6.07, 6.45) is -0.619. The molecular weight excluding hydrogens is 512 g/mol. The number of rotatable bonds is 8. The topological polar surface area (TPSA) is 101 Å². The molecule has 0 bridgehead atoms. The molecule has 3 aromatic heterocycles. The number of carboxylic acid groups (broad SMARTS) is 1. The van der Waals surface area contributed by atoms with Gasteiger partial charge in [0.25, 0.3) is 0 Å². The summed E-state index contributed by atoms with van der Waals surface area (Å²) in [7, 11) is 0. The van der Waals surface area contributed by atoms with E-state index in [0.717, 1.165) is 12.3 Å². The SMILES string of the molecule is CC(C)(O)Cn1cc(-c2ccc(C(F)(F)F)nc2)c2nc(SCc3ccc(F)c(CC(=O)O)c3)ncc21. The Labute approximate surface area is 213 Å². The summed E-state index contributed by atoms with van der Waals surface area (Å²) in [5, 5.41) is 19.7. The van der Waals surface area contributed by atoms with E-state index in [-0.39, 0.29) is 12.1 Å². The van der Waals surface area contributed by atoms with Crippen LogP contribution >= 0.6 is 11.8 Å².